The lowest BCUT2D eigenvalue weighted by Crippen LogP contribution is -2.50. The van der Waals surface area contributed by atoms with E-state index >= 15 is 0 Å². The molecule has 1 N–H and O–H groups in total. The van der Waals surface area contributed by atoms with E-state index in [0.29, 0.717) is 13.0 Å². The van der Waals surface area contributed by atoms with Crippen molar-refractivity contribution in [1.82, 2.24) is 9.80 Å². The molecule has 2 heterocycles. The number of hydrogen-bond acceptors (Lipinski definition) is 5. The first kappa shape index (κ1) is 16.6. The number of rotatable bonds is 1. The average molecular weight is 309 g/mol. The predicted molar refractivity (Wildman–Crippen MR) is 77.7 cm³/mol. The zero-order valence-corrected chi connectivity index (χ0v) is 13.3. The van der Waals surface area contributed by atoms with Gasteiger partial charge in [-0.05, 0) is 33.6 Å². The second-order valence-corrected chi connectivity index (χ2v) is 6.86. The van der Waals surface area contributed by atoms with E-state index < -0.39 is 29.9 Å². The molecule has 0 spiro atoms. The highest BCUT2D eigenvalue weighted by molar-refractivity contribution is 5.87. The van der Waals surface area contributed by atoms with Gasteiger partial charge in [-0.3, -0.25) is 9.69 Å². The Labute approximate surface area is 130 Å². The summed E-state index contributed by atoms with van der Waals surface area (Å²) >= 11 is 0. The first-order valence-electron chi connectivity index (χ1n) is 7.60. The molecule has 0 radical (unpaired) electrons. The van der Waals surface area contributed by atoms with Gasteiger partial charge >= 0.3 is 6.09 Å². The lowest BCUT2D eigenvalue weighted by atomic mass is 10.1. The number of aliphatic hydroxyl groups is 1. The maximum Gasteiger partial charge on any atom is 0.411 e. The van der Waals surface area contributed by atoms with Crippen LogP contribution >= 0.6 is 0 Å². The van der Waals surface area contributed by atoms with Crippen molar-refractivity contribution in [1.29, 1.82) is 5.26 Å². The van der Waals surface area contributed by atoms with E-state index in [1.54, 1.807) is 20.8 Å². The quantitative estimate of drug-likeness (QED) is 0.775. The number of carbonyl (C=O) groups is 2. The van der Waals surface area contributed by atoms with Gasteiger partial charge in [0.05, 0.1) is 18.7 Å². The van der Waals surface area contributed by atoms with Crippen LogP contribution < -0.4 is 0 Å². The van der Waals surface area contributed by atoms with Gasteiger partial charge in [0.2, 0.25) is 5.91 Å². The molecule has 2 aliphatic rings. The van der Waals surface area contributed by atoms with E-state index in [2.05, 4.69) is 6.07 Å². The molecule has 0 aromatic rings. The molecule has 2 amide bonds. The van der Waals surface area contributed by atoms with Crippen molar-refractivity contribution in [2.45, 2.75) is 63.8 Å². The van der Waals surface area contributed by atoms with Gasteiger partial charge in [-0.1, -0.05) is 0 Å². The molecule has 0 aromatic carbocycles. The van der Waals surface area contributed by atoms with Gasteiger partial charge in [-0.2, -0.15) is 5.26 Å². The van der Waals surface area contributed by atoms with Crippen LogP contribution in [0.4, 0.5) is 4.79 Å². The summed E-state index contributed by atoms with van der Waals surface area (Å²) in [4.78, 5) is 27.7. The Morgan fingerprint density at radius 1 is 1.32 bits per heavy atom. The van der Waals surface area contributed by atoms with Gasteiger partial charge in [-0.15, -0.1) is 0 Å². The Morgan fingerprint density at radius 2 is 2.00 bits per heavy atom. The summed E-state index contributed by atoms with van der Waals surface area (Å²) in [6.07, 6.45) is 0.280. The smallest absolute Gasteiger partial charge is 0.411 e. The lowest BCUT2D eigenvalue weighted by Gasteiger charge is -2.30. The lowest BCUT2D eigenvalue weighted by molar-refractivity contribution is -0.135. The highest BCUT2D eigenvalue weighted by Gasteiger charge is 2.44. The second-order valence-electron chi connectivity index (χ2n) is 6.86. The van der Waals surface area contributed by atoms with Crippen LogP contribution in [0.25, 0.3) is 0 Å². The Morgan fingerprint density at radius 3 is 2.59 bits per heavy atom. The number of likely N-dealkylation sites (tertiary alicyclic amines) is 2. The molecule has 0 saturated carbocycles. The molecular weight excluding hydrogens is 286 g/mol. The summed E-state index contributed by atoms with van der Waals surface area (Å²) in [6.45, 7) is 5.85. The fraction of sp³-hybridized carbons (Fsp3) is 0.800. The molecule has 3 atom stereocenters. The van der Waals surface area contributed by atoms with E-state index in [1.165, 1.54) is 9.80 Å². The molecule has 1 unspecified atom stereocenters. The van der Waals surface area contributed by atoms with Gasteiger partial charge in [0.15, 0.2) is 0 Å². The Kier molecular flexibility index (Phi) is 4.61. The van der Waals surface area contributed by atoms with Gasteiger partial charge in [0, 0.05) is 13.0 Å². The van der Waals surface area contributed by atoms with Crippen LogP contribution in [0.1, 0.15) is 40.0 Å². The van der Waals surface area contributed by atoms with Crippen molar-refractivity contribution >= 4 is 12.0 Å². The summed E-state index contributed by atoms with van der Waals surface area (Å²) in [7, 11) is 0. The first-order valence-corrected chi connectivity index (χ1v) is 7.60. The highest BCUT2D eigenvalue weighted by atomic mass is 16.6. The zero-order chi connectivity index (χ0) is 16.5. The maximum absolute atomic E-state index is 12.7. The number of amides is 2. The minimum Gasteiger partial charge on any atom is -0.444 e. The number of aliphatic hydroxyl groups excluding tert-OH is 1. The third-order valence-electron chi connectivity index (χ3n) is 3.88. The summed E-state index contributed by atoms with van der Waals surface area (Å²) < 4.78 is 5.31. The molecule has 0 aromatic heterocycles. The maximum atomic E-state index is 12.7. The number of carbonyl (C=O) groups excluding carboxylic acids is 2. The van der Waals surface area contributed by atoms with Gasteiger partial charge in [0.25, 0.3) is 0 Å². The van der Waals surface area contributed by atoms with Crippen LogP contribution in [0.15, 0.2) is 0 Å². The summed E-state index contributed by atoms with van der Waals surface area (Å²) in [5, 5.41) is 19.0. The minimum atomic E-state index is -0.751. The number of hydrogen-bond donors (Lipinski definition) is 1. The number of nitriles is 1. The normalized spacial score (nSPS) is 28.6. The summed E-state index contributed by atoms with van der Waals surface area (Å²) in [5.74, 6) is -0.272. The fourth-order valence-corrected chi connectivity index (χ4v) is 2.93. The monoisotopic (exact) mass is 309 g/mol. The molecule has 7 heteroatoms. The Bertz CT molecular complexity index is 494. The predicted octanol–water partition coefficient (Wildman–Crippen LogP) is 0.871. The third kappa shape index (κ3) is 3.50. The Balaban J connectivity index is 2.12. The standard InChI is InChI=1S/C15H23N3O4/c1-15(2,3)22-14(21)18-9-11(19)7-12(18)13(20)17-6-4-5-10(17)8-16/h10-12,19H,4-7,9H2,1-3H3/t10?,11-,12-/m0/s1. The van der Waals surface area contributed by atoms with Crippen LogP contribution in [0.5, 0.6) is 0 Å². The topological polar surface area (TPSA) is 93.9 Å². The van der Waals surface area contributed by atoms with E-state index in [0.717, 1.165) is 6.42 Å². The van der Waals surface area contributed by atoms with Crippen molar-refractivity contribution in [2.24, 2.45) is 0 Å². The van der Waals surface area contributed by atoms with Gasteiger partial charge in [0.1, 0.15) is 17.7 Å². The number of β-amino-alcohol motifs (C(OH)–C–C–N with tert-alkyl or cyclic N) is 1. The molecule has 2 saturated heterocycles. The van der Waals surface area contributed by atoms with Crippen molar-refractivity contribution < 1.29 is 19.4 Å². The van der Waals surface area contributed by atoms with Gasteiger partial charge < -0.3 is 14.7 Å². The molecular formula is C15H23N3O4. The highest BCUT2D eigenvalue weighted by Crippen LogP contribution is 2.26. The van der Waals surface area contributed by atoms with Crippen LogP contribution in [0, 0.1) is 11.3 Å². The second kappa shape index (κ2) is 6.13. The molecule has 2 fully saturated rings. The summed E-state index contributed by atoms with van der Waals surface area (Å²) in [6, 6.07) is 0.930. The van der Waals surface area contributed by atoms with Crippen molar-refractivity contribution in [3.8, 4) is 6.07 Å². The minimum absolute atomic E-state index is 0.0797. The fourth-order valence-electron chi connectivity index (χ4n) is 2.93. The van der Waals surface area contributed by atoms with E-state index in [9.17, 15) is 14.7 Å². The van der Waals surface area contributed by atoms with E-state index in [-0.39, 0.29) is 18.9 Å². The molecule has 0 bridgehead atoms. The zero-order valence-electron chi connectivity index (χ0n) is 13.3. The largest absolute Gasteiger partial charge is 0.444 e. The number of ether oxygens (including phenoxy) is 1. The average Bonchev–Trinajstić information content (AvgIpc) is 3.01. The van der Waals surface area contributed by atoms with E-state index in [4.69, 9.17) is 10.00 Å². The van der Waals surface area contributed by atoms with Gasteiger partial charge in [-0.25, -0.2) is 4.79 Å². The van der Waals surface area contributed by atoms with Crippen molar-refractivity contribution in [2.75, 3.05) is 13.1 Å². The molecule has 2 aliphatic heterocycles. The van der Waals surface area contributed by atoms with Crippen LogP contribution in [-0.4, -0.2) is 63.8 Å². The van der Waals surface area contributed by atoms with Crippen LogP contribution in [-0.2, 0) is 9.53 Å². The number of nitrogens with zero attached hydrogens (tertiary/aromatic N) is 3. The SMILES string of the molecule is CC(C)(C)OC(=O)N1C[C@@H](O)C[C@H]1C(=O)N1CCCC1C#N. The van der Waals surface area contributed by atoms with Crippen LogP contribution in [0.2, 0.25) is 0 Å². The summed E-state index contributed by atoms with van der Waals surface area (Å²) in [5.41, 5.74) is -0.666. The molecule has 0 aliphatic carbocycles. The molecule has 7 nitrogen and oxygen atoms in total. The Hall–Kier alpha value is -1.81. The van der Waals surface area contributed by atoms with Crippen molar-refractivity contribution in [3.05, 3.63) is 0 Å². The molecule has 122 valence electrons. The van der Waals surface area contributed by atoms with Crippen molar-refractivity contribution in [3.63, 3.8) is 0 Å². The first-order chi connectivity index (χ1) is 10.2. The van der Waals surface area contributed by atoms with E-state index in [1.807, 2.05) is 0 Å². The third-order valence-corrected chi connectivity index (χ3v) is 3.88. The van der Waals surface area contributed by atoms with Crippen LogP contribution in [0.3, 0.4) is 0 Å². The molecule has 22 heavy (non-hydrogen) atoms. The molecule has 2 rings (SSSR count).